The van der Waals surface area contributed by atoms with E-state index in [1.165, 1.54) is 6.08 Å². The Morgan fingerprint density at radius 1 is 1.32 bits per heavy atom. The van der Waals surface area contributed by atoms with Crippen molar-refractivity contribution in [1.29, 1.82) is 0 Å². The van der Waals surface area contributed by atoms with Gasteiger partial charge in [0, 0.05) is 38.6 Å². The van der Waals surface area contributed by atoms with E-state index >= 15 is 0 Å². The molecule has 0 spiro atoms. The van der Waals surface area contributed by atoms with Gasteiger partial charge in [-0.3, -0.25) is 14.4 Å². The zero-order valence-corrected chi connectivity index (χ0v) is 18.6. The molecular formula is C24H32N2O5. The monoisotopic (exact) mass is 428 g/mol. The van der Waals surface area contributed by atoms with Gasteiger partial charge < -0.3 is 19.7 Å². The minimum absolute atomic E-state index is 0.00283. The van der Waals surface area contributed by atoms with Gasteiger partial charge in [0.25, 0.3) is 5.91 Å². The Morgan fingerprint density at radius 2 is 2.13 bits per heavy atom. The predicted molar refractivity (Wildman–Crippen MR) is 116 cm³/mol. The number of allylic oxidation sites excluding steroid dienone is 1. The summed E-state index contributed by atoms with van der Waals surface area (Å²) in [6.45, 7) is 5.31. The van der Waals surface area contributed by atoms with Crippen LogP contribution in [0.2, 0.25) is 0 Å². The average Bonchev–Trinajstić information content (AvgIpc) is 2.74. The lowest BCUT2D eigenvalue weighted by Crippen LogP contribution is -2.44. The molecule has 1 aromatic rings. The van der Waals surface area contributed by atoms with Crippen molar-refractivity contribution >= 4 is 17.6 Å². The van der Waals surface area contributed by atoms with Gasteiger partial charge in [-0.15, -0.1) is 0 Å². The summed E-state index contributed by atoms with van der Waals surface area (Å²) in [5, 5.41) is 2.95. The highest BCUT2D eigenvalue weighted by Crippen LogP contribution is 2.28. The number of hydrogen-bond acceptors (Lipinski definition) is 5. The second kappa shape index (κ2) is 9.98. The first-order chi connectivity index (χ1) is 14.8. The molecule has 3 rings (SSSR count). The average molecular weight is 429 g/mol. The summed E-state index contributed by atoms with van der Waals surface area (Å²) in [7, 11) is 1.62. The van der Waals surface area contributed by atoms with E-state index < -0.39 is 5.60 Å². The van der Waals surface area contributed by atoms with E-state index in [2.05, 4.69) is 5.32 Å². The predicted octanol–water partition coefficient (Wildman–Crippen LogP) is 2.98. The molecule has 0 bridgehead atoms. The first-order valence-electron chi connectivity index (χ1n) is 10.9. The van der Waals surface area contributed by atoms with Gasteiger partial charge in [-0.1, -0.05) is 12.1 Å². The van der Waals surface area contributed by atoms with Crippen LogP contribution in [0, 0.1) is 5.92 Å². The minimum atomic E-state index is -0.660. The molecule has 31 heavy (non-hydrogen) atoms. The zero-order chi connectivity index (χ0) is 22.4. The molecule has 2 aliphatic heterocycles. The van der Waals surface area contributed by atoms with Gasteiger partial charge in [-0.05, 0) is 56.7 Å². The topological polar surface area (TPSA) is 84.9 Å². The number of carbonyl (C=O) groups is 3. The van der Waals surface area contributed by atoms with Gasteiger partial charge in [0.1, 0.15) is 11.4 Å². The van der Waals surface area contributed by atoms with Gasteiger partial charge in [-0.2, -0.15) is 0 Å². The van der Waals surface area contributed by atoms with E-state index in [0.717, 1.165) is 30.6 Å². The number of carbonyl (C=O) groups excluding carboxylic acids is 3. The molecule has 1 saturated heterocycles. The van der Waals surface area contributed by atoms with Crippen LogP contribution < -0.4 is 10.1 Å². The fourth-order valence-corrected chi connectivity index (χ4v) is 4.13. The van der Waals surface area contributed by atoms with Crippen molar-refractivity contribution in [3.05, 3.63) is 41.7 Å². The van der Waals surface area contributed by atoms with E-state index in [0.29, 0.717) is 26.1 Å². The smallest absolute Gasteiger partial charge is 0.289 e. The molecule has 2 amide bonds. The molecule has 0 saturated carbocycles. The maximum Gasteiger partial charge on any atom is 0.289 e. The Bertz CT molecular complexity index is 861. The van der Waals surface area contributed by atoms with Crippen molar-refractivity contribution < 1.29 is 23.9 Å². The van der Waals surface area contributed by atoms with E-state index in [4.69, 9.17) is 9.47 Å². The molecule has 1 fully saturated rings. The van der Waals surface area contributed by atoms with Crippen LogP contribution in [-0.2, 0) is 25.7 Å². The SMILES string of the molecule is COc1cccc(CNC(=O)CC[C@@H]2CCCN(C(=O)C3=CC(=O)CC(C)(C)O3)C2)c1. The second-order valence-electron chi connectivity index (χ2n) is 8.94. The lowest BCUT2D eigenvalue weighted by molar-refractivity contribution is -0.139. The van der Waals surface area contributed by atoms with Gasteiger partial charge >= 0.3 is 0 Å². The van der Waals surface area contributed by atoms with Crippen LogP contribution in [0.15, 0.2) is 36.1 Å². The van der Waals surface area contributed by atoms with Gasteiger partial charge in [0.05, 0.1) is 7.11 Å². The molecule has 2 aliphatic rings. The van der Waals surface area contributed by atoms with Crippen molar-refractivity contribution in [3.8, 4) is 5.75 Å². The van der Waals surface area contributed by atoms with Crippen LogP contribution in [0.25, 0.3) is 0 Å². The van der Waals surface area contributed by atoms with Crippen LogP contribution in [0.3, 0.4) is 0 Å². The number of hydrogen-bond donors (Lipinski definition) is 1. The summed E-state index contributed by atoms with van der Waals surface area (Å²) in [5.74, 6) is 0.845. The van der Waals surface area contributed by atoms with E-state index in [1.54, 1.807) is 12.0 Å². The summed E-state index contributed by atoms with van der Waals surface area (Å²) < 4.78 is 11.0. The fraction of sp³-hybridized carbons (Fsp3) is 0.542. The number of ketones is 1. The number of piperidine rings is 1. The fourth-order valence-electron chi connectivity index (χ4n) is 4.13. The Balaban J connectivity index is 1.46. The first-order valence-corrected chi connectivity index (χ1v) is 10.9. The van der Waals surface area contributed by atoms with Crippen molar-refractivity contribution in [1.82, 2.24) is 10.2 Å². The third-order valence-electron chi connectivity index (χ3n) is 5.70. The third-order valence-corrected chi connectivity index (χ3v) is 5.70. The highest BCUT2D eigenvalue weighted by molar-refractivity contribution is 6.01. The van der Waals surface area contributed by atoms with Crippen LogP contribution in [-0.4, -0.2) is 48.3 Å². The summed E-state index contributed by atoms with van der Waals surface area (Å²) in [4.78, 5) is 38.9. The second-order valence-corrected chi connectivity index (χ2v) is 8.94. The maximum atomic E-state index is 12.9. The number of nitrogens with one attached hydrogen (secondary N) is 1. The van der Waals surface area contributed by atoms with Gasteiger partial charge in [-0.25, -0.2) is 0 Å². The zero-order valence-electron chi connectivity index (χ0n) is 18.6. The number of amides is 2. The molecule has 168 valence electrons. The minimum Gasteiger partial charge on any atom is -0.497 e. The van der Waals surface area contributed by atoms with Crippen LogP contribution in [0.4, 0.5) is 0 Å². The van der Waals surface area contributed by atoms with E-state index in [1.807, 2.05) is 38.1 Å². The first kappa shape index (κ1) is 22.8. The molecule has 2 heterocycles. The molecule has 7 heteroatoms. The van der Waals surface area contributed by atoms with Crippen LogP contribution >= 0.6 is 0 Å². The standard InChI is InChI=1S/C24H32N2O5/c1-24(2)14-19(27)13-21(31-24)23(29)26-11-5-7-17(16-26)9-10-22(28)25-15-18-6-4-8-20(12-18)30-3/h4,6,8,12-13,17H,5,7,9-11,14-16H2,1-3H3,(H,25,28)/t17-/m0/s1. The molecule has 0 aromatic heterocycles. The molecule has 0 aliphatic carbocycles. The normalized spacial score (nSPS) is 20.5. The highest BCUT2D eigenvalue weighted by atomic mass is 16.5. The highest BCUT2D eigenvalue weighted by Gasteiger charge is 2.35. The number of methoxy groups -OCH3 is 1. The quantitative estimate of drug-likeness (QED) is 0.722. The van der Waals surface area contributed by atoms with Gasteiger partial charge in [0.15, 0.2) is 11.5 Å². The molecule has 0 radical (unpaired) electrons. The molecule has 7 nitrogen and oxygen atoms in total. The van der Waals surface area contributed by atoms with Crippen molar-refractivity contribution in [2.24, 2.45) is 5.92 Å². The van der Waals surface area contributed by atoms with E-state index in [-0.39, 0.29) is 35.7 Å². The molecule has 1 aromatic carbocycles. The summed E-state index contributed by atoms with van der Waals surface area (Å²) >= 11 is 0. The third kappa shape index (κ3) is 6.57. The van der Waals surface area contributed by atoms with Crippen LogP contribution in [0.5, 0.6) is 5.75 Å². The molecular weight excluding hydrogens is 396 g/mol. The lowest BCUT2D eigenvalue weighted by Gasteiger charge is -2.36. The maximum absolute atomic E-state index is 12.9. The molecule has 0 unspecified atom stereocenters. The molecule has 1 N–H and O–H groups in total. The van der Waals surface area contributed by atoms with Crippen LogP contribution in [0.1, 0.15) is 51.5 Å². The number of ether oxygens (including phenoxy) is 2. The lowest BCUT2D eigenvalue weighted by atomic mass is 9.92. The summed E-state index contributed by atoms with van der Waals surface area (Å²) in [6, 6.07) is 7.61. The van der Waals surface area contributed by atoms with Crippen molar-refractivity contribution in [2.75, 3.05) is 20.2 Å². The Labute approximate surface area is 183 Å². The van der Waals surface area contributed by atoms with Crippen molar-refractivity contribution in [3.63, 3.8) is 0 Å². The van der Waals surface area contributed by atoms with E-state index in [9.17, 15) is 14.4 Å². The number of benzene rings is 1. The van der Waals surface area contributed by atoms with Gasteiger partial charge in [0.2, 0.25) is 5.91 Å². The number of rotatable bonds is 7. The van der Waals surface area contributed by atoms with Crippen molar-refractivity contribution in [2.45, 2.75) is 58.1 Å². The number of nitrogens with zero attached hydrogens (tertiary/aromatic N) is 1. The summed E-state index contributed by atoms with van der Waals surface area (Å²) in [6.07, 6.45) is 4.60. The largest absolute Gasteiger partial charge is 0.497 e. The Morgan fingerprint density at radius 3 is 2.87 bits per heavy atom. The summed E-state index contributed by atoms with van der Waals surface area (Å²) in [5.41, 5.74) is 0.327. The molecule has 1 atom stereocenters. The Kier molecular flexibility index (Phi) is 7.36. The number of likely N-dealkylation sites (tertiary alicyclic amines) is 1. The Hall–Kier alpha value is -2.83.